The molecule has 0 radical (unpaired) electrons. The molecule has 0 saturated heterocycles. The first-order valence-electron chi connectivity index (χ1n) is 5.98. The fraction of sp³-hybridized carbons (Fsp3) is 0.286. The van der Waals surface area contributed by atoms with E-state index in [1.54, 1.807) is 10.9 Å². The topological polar surface area (TPSA) is 60.9 Å². The normalized spacial score (nSPS) is 10.8. The molecule has 0 aliphatic heterocycles. The molecule has 1 aromatic heterocycles. The summed E-state index contributed by atoms with van der Waals surface area (Å²) in [7, 11) is 0. The number of benzene rings is 1. The summed E-state index contributed by atoms with van der Waals surface area (Å²) in [6.07, 6.45) is 3.18. The number of carbonyl (C=O) groups excluding carboxylic acids is 1. The predicted octanol–water partition coefficient (Wildman–Crippen LogP) is 2.15. The fourth-order valence-electron chi connectivity index (χ4n) is 1.99. The van der Waals surface area contributed by atoms with Crippen LogP contribution in [-0.2, 0) is 6.54 Å². The lowest BCUT2D eigenvalue weighted by Gasteiger charge is -2.12. The standard InChI is InChI=1S/C14H17N3O/c1-10(2)13-6-4-3-5-11(13)8-17-9-12(7-16-17)14(15)18/h3-7,9-10H,8H2,1-2H3,(H2,15,18). The minimum absolute atomic E-state index is 0.442. The van der Waals surface area contributed by atoms with Crippen LogP contribution in [0.4, 0.5) is 0 Å². The molecule has 0 atom stereocenters. The highest BCUT2D eigenvalue weighted by Gasteiger charge is 2.08. The van der Waals surface area contributed by atoms with E-state index in [1.165, 1.54) is 17.3 Å². The van der Waals surface area contributed by atoms with Crippen LogP contribution < -0.4 is 5.73 Å². The van der Waals surface area contributed by atoms with Crippen molar-refractivity contribution in [1.29, 1.82) is 0 Å². The Morgan fingerprint density at radius 3 is 2.72 bits per heavy atom. The van der Waals surface area contributed by atoms with Crippen molar-refractivity contribution < 1.29 is 4.79 Å². The van der Waals surface area contributed by atoms with Crippen LogP contribution in [0.25, 0.3) is 0 Å². The highest BCUT2D eigenvalue weighted by molar-refractivity contribution is 5.92. The van der Waals surface area contributed by atoms with Crippen molar-refractivity contribution in [2.45, 2.75) is 26.3 Å². The van der Waals surface area contributed by atoms with Gasteiger partial charge in [-0.3, -0.25) is 9.48 Å². The largest absolute Gasteiger partial charge is 0.366 e. The van der Waals surface area contributed by atoms with E-state index in [1.807, 2.05) is 12.1 Å². The summed E-state index contributed by atoms with van der Waals surface area (Å²) in [5, 5.41) is 4.15. The summed E-state index contributed by atoms with van der Waals surface area (Å²) >= 11 is 0. The molecule has 4 heteroatoms. The first-order valence-corrected chi connectivity index (χ1v) is 5.98. The molecular formula is C14H17N3O. The number of carbonyl (C=O) groups is 1. The Hall–Kier alpha value is -2.10. The molecule has 0 unspecified atom stereocenters. The third-order valence-corrected chi connectivity index (χ3v) is 2.93. The summed E-state index contributed by atoms with van der Waals surface area (Å²) in [6.45, 7) is 4.98. The van der Waals surface area contributed by atoms with Crippen molar-refractivity contribution >= 4 is 5.91 Å². The third kappa shape index (κ3) is 2.59. The van der Waals surface area contributed by atoms with E-state index in [2.05, 4.69) is 31.1 Å². The van der Waals surface area contributed by atoms with Crippen molar-refractivity contribution in [2.24, 2.45) is 5.73 Å². The first-order chi connectivity index (χ1) is 8.58. The molecule has 2 aromatic rings. The second-order valence-electron chi connectivity index (χ2n) is 4.64. The van der Waals surface area contributed by atoms with Gasteiger partial charge in [0, 0.05) is 6.20 Å². The Balaban J connectivity index is 2.25. The monoisotopic (exact) mass is 243 g/mol. The number of hydrogen-bond acceptors (Lipinski definition) is 2. The summed E-state index contributed by atoms with van der Waals surface area (Å²) in [5.41, 5.74) is 8.16. The van der Waals surface area contributed by atoms with Gasteiger partial charge in [-0.2, -0.15) is 5.10 Å². The van der Waals surface area contributed by atoms with Crippen LogP contribution in [0, 0.1) is 0 Å². The SMILES string of the molecule is CC(C)c1ccccc1Cn1cc(C(N)=O)cn1. The van der Waals surface area contributed by atoms with Gasteiger partial charge in [0.25, 0.3) is 5.91 Å². The van der Waals surface area contributed by atoms with Gasteiger partial charge in [0.05, 0.1) is 18.3 Å². The predicted molar refractivity (Wildman–Crippen MR) is 70.4 cm³/mol. The van der Waals surface area contributed by atoms with E-state index in [9.17, 15) is 4.79 Å². The lowest BCUT2D eigenvalue weighted by Crippen LogP contribution is -2.10. The maximum Gasteiger partial charge on any atom is 0.251 e. The Kier molecular flexibility index (Phi) is 3.46. The molecule has 2 N–H and O–H groups in total. The minimum atomic E-state index is -0.446. The van der Waals surface area contributed by atoms with Crippen molar-refractivity contribution in [1.82, 2.24) is 9.78 Å². The van der Waals surface area contributed by atoms with E-state index in [-0.39, 0.29) is 0 Å². The summed E-state index contributed by atoms with van der Waals surface area (Å²) in [5.74, 6) is 0.0192. The van der Waals surface area contributed by atoms with Crippen molar-refractivity contribution in [3.8, 4) is 0 Å². The van der Waals surface area contributed by atoms with E-state index in [0.29, 0.717) is 18.0 Å². The Labute approximate surface area is 106 Å². The van der Waals surface area contributed by atoms with Crippen molar-refractivity contribution in [3.05, 3.63) is 53.3 Å². The van der Waals surface area contributed by atoms with E-state index >= 15 is 0 Å². The van der Waals surface area contributed by atoms with Gasteiger partial charge in [-0.05, 0) is 17.0 Å². The molecule has 0 aliphatic rings. The number of nitrogens with zero attached hydrogens (tertiary/aromatic N) is 2. The lowest BCUT2D eigenvalue weighted by molar-refractivity contribution is 0.1000. The zero-order valence-corrected chi connectivity index (χ0v) is 10.6. The molecular weight excluding hydrogens is 226 g/mol. The number of aromatic nitrogens is 2. The fourth-order valence-corrected chi connectivity index (χ4v) is 1.99. The quantitative estimate of drug-likeness (QED) is 0.894. The van der Waals surface area contributed by atoms with Gasteiger partial charge in [0.2, 0.25) is 0 Å². The second kappa shape index (κ2) is 5.04. The second-order valence-corrected chi connectivity index (χ2v) is 4.64. The Bertz CT molecular complexity index is 558. The molecule has 0 aliphatic carbocycles. The molecule has 94 valence electrons. The Morgan fingerprint density at radius 1 is 1.39 bits per heavy atom. The van der Waals surface area contributed by atoms with E-state index in [4.69, 9.17) is 5.73 Å². The van der Waals surface area contributed by atoms with Crippen LogP contribution in [0.2, 0.25) is 0 Å². The van der Waals surface area contributed by atoms with Crippen molar-refractivity contribution in [3.63, 3.8) is 0 Å². The summed E-state index contributed by atoms with van der Waals surface area (Å²) < 4.78 is 1.74. The van der Waals surface area contributed by atoms with Crippen LogP contribution in [0.1, 0.15) is 41.3 Å². The molecule has 0 bridgehead atoms. The number of hydrogen-bond donors (Lipinski definition) is 1. The van der Waals surface area contributed by atoms with Gasteiger partial charge < -0.3 is 5.73 Å². The van der Waals surface area contributed by atoms with Crippen LogP contribution >= 0.6 is 0 Å². The maximum absolute atomic E-state index is 11.0. The van der Waals surface area contributed by atoms with Crippen LogP contribution in [-0.4, -0.2) is 15.7 Å². The van der Waals surface area contributed by atoms with Gasteiger partial charge in [-0.25, -0.2) is 0 Å². The smallest absolute Gasteiger partial charge is 0.251 e. The molecule has 0 fully saturated rings. The molecule has 0 spiro atoms. The van der Waals surface area contributed by atoms with Gasteiger partial charge in [0.15, 0.2) is 0 Å². The number of primary amides is 1. The molecule has 18 heavy (non-hydrogen) atoms. The minimum Gasteiger partial charge on any atom is -0.366 e. The van der Waals surface area contributed by atoms with Gasteiger partial charge in [-0.15, -0.1) is 0 Å². The summed E-state index contributed by atoms with van der Waals surface area (Å²) in [6, 6.07) is 8.26. The third-order valence-electron chi connectivity index (χ3n) is 2.93. The summed E-state index contributed by atoms with van der Waals surface area (Å²) in [4.78, 5) is 11.0. The molecule has 4 nitrogen and oxygen atoms in total. The molecule has 0 saturated carbocycles. The van der Waals surface area contributed by atoms with E-state index < -0.39 is 5.91 Å². The van der Waals surface area contributed by atoms with Crippen LogP contribution in [0.3, 0.4) is 0 Å². The van der Waals surface area contributed by atoms with Crippen LogP contribution in [0.15, 0.2) is 36.7 Å². The first kappa shape index (κ1) is 12.4. The van der Waals surface area contributed by atoms with Crippen molar-refractivity contribution in [2.75, 3.05) is 0 Å². The number of nitrogens with two attached hydrogens (primary N) is 1. The molecule has 1 heterocycles. The Morgan fingerprint density at radius 2 is 2.11 bits per heavy atom. The van der Waals surface area contributed by atoms with Gasteiger partial charge in [-0.1, -0.05) is 38.1 Å². The average molecular weight is 243 g/mol. The highest BCUT2D eigenvalue weighted by atomic mass is 16.1. The maximum atomic E-state index is 11.0. The van der Waals surface area contributed by atoms with Gasteiger partial charge in [0.1, 0.15) is 0 Å². The van der Waals surface area contributed by atoms with Gasteiger partial charge >= 0.3 is 0 Å². The molecule has 1 amide bonds. The van der Waals surface area contributed by atoms with Crippen LogP contribution in [0.5, 0.6) is 0 Å². The zero-order chi connectivity index (χ0) is 13.1. The molecule has 2 rings (SSSR count). The zero-order valence-electron chi connectivity index (χ0n) is 10.6. The number of amides is 1. The number of rotatable bonds is 4. The lowest BCUT2D eigenvalue weighted by atomic mass is 9.97. The van der Waals surface area contributed by atoms with E-state index in [0.717, 1.165) is 0 Å². The highest BCUT2D eigenvalue weighted by Crippen LogP contribution is 2.19. The average Bonchev–Trinajstić information content (AvgIpc) is 2.78. The molecule has 1 aromatic carbocycles.